The van der Waals surface area contributed by atoms with Crippen LogP contribution in [-0.4, -0.2) is 57.8 Å². The Labute approximate surface area is 234 Å². The number of amides is 2. The predicted octanol–water partition coefficient (Wildman–Crippen LogP) is 3.22. The van der Waals surface area contributed by atoms with Gasteiger partial charge in [0.1, 0.15) is 13.2 Å². The number of alkyl carbamates (subject to hydrolysis) is 2. The molecule has 0 radical (unpaired) electrons. The number of carbonyl (C=O) groups excluding carboxylic acids is 2. The Balaban J connectivity index is 0.000000402. The van der Waals surface area contributed by atoms with Crippen LogP contribution in [0.4, 0.5) is 9.59 Å². The quantitative estimate of drug-likeness (QED) is 0.237. The number of terminal acetylenes is 2. The van der Waals surface area contributed by atoms with E-state index in [1.807, 2.05) is 36.4 Å². The maximum Gasteiger partial charge on any atom is 0.407 e. The second-order valence-corrected chi connectivity index (χ2v) is 8.63. The highest BCUT2D eigenvalue weighted by Gasteiger charge is 2.27. The van der Waals surface area contributed by atoms with Gasteiger partial charge in [-0.05, 0) is 30.9 Å². The maximum absolute atomic E-state index is 11.6. The summed E-state index contributed by atoms with van der Waals surface area (Å²) in [7, 11) is 0. The lowest BCUT2D eigenvalue weighted by Gasteiger charge is -2.20. The van der Waals surface area contributed by atoms with Crippen molar-refractivity contribution in [2.24, 2.45) is 0 Å². The lowest BCUT2D eigenvalue weighted by molar-refractivity contribution is -0.148. The van der Waals surface area contributed by atoms with Crippen molar-refractivity contribution in [1.29, 1.82) is 0 Å². The van der Waals surface area contributed by atoms with E-state index in [0.29, 0.717) is 12.8 Å². The second-order valence-electron chi connectivity index (χ2n) is 8.63. The van der Waals surface area contributed by atoms with E-state index in [0.717, 1.165) is 11.1 Å². The van der Waals surface area contributed by atoms with E-state index < -0.39 is 36.4 Å². The Kier molecular flexibility index (Phi) is 16.4. The van der Waals surface area contributed by atoms with Crippen LogP contribution < -0.4 is 10.6 Å². The minimum Gasteiger partial charge on any atom is -0.479 e. The van der Waals surface area contributed by atoms with Crippen LogP contribution in [0.1, 0.15) is 43.7 Å². The van der Waals surface area contributed by atoms with E-state index in [4.69, 9.17) is 27.4 Å². The summed E-state index contributed by atoms with van der Waals surface area (Å²) in [6.07, 6.45) is 7.90. The van der Waals surface area contributed by atoms with Gasteiger partial charge in [0, 0.05) is 12.8 Å². The molecule has 2 aromatic carbocycles. The number of carbonyl (C=O) groups is 3. The molecule has 10 nitrogen and oxygen atoms in total. The molecule has 2 aromatic rings. The molecule has 0 aliphatic heterocycles. The Morgan fingerprint density at radius 3 is 1.55 bits per heavy atom. The number of nitrogens with one attached hydrogen (secondary N) is 2. The molecule has 0 saturated carbocycles. The molecule has 0 bridgehead atoms. The van der Waals surface area contributed by atoms with Crippen LogP contribution in [-0.2, 0) is 27.5 Å². The fourth-order valence-electron chi connectivity index (χ4n) is 3.23. The van der Waals surface area contributed by atoms with E-state index in [9.17, 15) is 24.6 Å². The first-order valence-corrected chi connectivity index (χ1v) is 12.6. The van der Waals surface area contributed by atoms with Crippen molar-refractivity contribution in [2.45, 2.75) is 70.1 Å². The van der Waals surface area contributed by atoms with Crippen molar-refractivity contribution < 1.29 is 39.2 Å². The fraction of sp³-hybridized carbons (Fsp3) is 0.367. The summed E-state index contributed by atoms with van der Waals surface area (Å²) in [6, 6.07) is 17.0. The fourth-order valence-corrected chi connectivity index (χ4v) is 3.23. The summed E-state index contributed by atoms with van der Waals surface area (Å²) in [5.41, 5.74) is 1.71. The molecular weight excluding hydrogens is 516 g/mol. The summed E-state index contributed by atoms with van der Waals surface area (Å²) < 4.78 is 10.0. The Morgan fingerprint density at radius 2 is 1.18 bits per heavy atom. The summed E-state index contributed by atoms with van der Waals surface area (Å²) in [5, 5.41) is 32.8. The van der Waals surface area contributed by atoms with E-state index in [-0.39, 0.29) is 32.1 Å². The Bertz CT molecular complexity index is 1110. The molecule has 0 aliphatic rings. The highest BCUT2D eigenvalue weighted by molar-refractivity contribution is 5.75. The molecule has 2 amide bonds. The van der Waals surface area contributed by atoms with Crippen LogP contribution in [0.3, 0.4) is 0 Å². The van der Waals surface area contributed by atoms with Crippen molar-refractivity contribution in [3.63, 3.8) is 0 Å². The zero-order valence-corrected chi connectivity index (χ0v) is 22.4. The van der Waals surface area contributed by atoms with Gasteiger partial charge >= 0.3 is 18.2 Å². The largest absolute Gasteiger partial charge is 0.479 e. The molecule has 0 saturated heterocycles. The van der Waals surface area contributed by atoms with E-state index in [2.05, 4.69) is 22.5 Å². The average molecular weight is 553 g/mol. The summed E-state index contributed by atoms with van der Waals surface area (Å²) in [5.74, 6) is 3.38. The van der Waals surface area contributed by atoms with Crippen LogP contribution in [0.2, 0.25) is 0 Å². The van der Waals surface area contributed by atoms with Crippen molar-refractivity contribution in [3.8, 4) is 24.7 Å². The molecule has 2 rings (SSSR count). The molecule has 0 fully saturated rings. The summed E-state index contributed by atoms with van der Waals surface area (Å²) in [6.45, 7) is 1.87. The lowest BCUT2D eigenvalue weighted by Crippen LogP contribution is -2.47. The number of aliphatic hydroxyl groups excluding tert-OH is 2. The van der Waals surface area contributed by atoms with Gasteiger partial charge in [0.25, 0.3) is 0 Å². The van der Waals surface area contributed by atoms with Gasteiger partial charge < -0.3 is 35.4 Å². The van der Waals surface area contributed by atoms with Crippen LogP contribution >= 0.6 is 0 Å². The Hall–Kier alpha value is -4.51. The van der Waals surface area contributed by atoms with Crippen molar-refractivity contribution in [1.82, 2.24) is 10.6 Å². The second kappa shape index (κ2) is 19.5. The van der Waals surface area contributed by atoms with Crippen LogP contribution in [0.15, 0.2) is 60.7 Å². The molecule has 0 heterocycles. The molecule has 0 spiro atoms. The third-order valence-electron chi connectivity index (χ3n) is 5.45. The number of rotatable bonds is 13. The van der Waals surface area contributed by atoms with Gasteiger partial charge in [-0.3, -0.25) is 0 Å². The van der Waals surface area contributed by atoms with Crippen LogP contribution in [0, 0.1) is 24.7 Å². The highest BCUT2D eigenvalue weighted by Crippen LogP contribution is 2.06. The standard InChI is InChI=1S/C15H17NO5.C15H19NO3/c1-2-3-9-12(13(17)14(18)19)16-15(20)21-10-11-7-5-4-6-8-11;1-3-4-10-14(12(2)17)16-15(18)19-11-13-8-6-5-7-9-13/h1,4-8,12-13,17H,3,9-10H2,(H,16,20)(H,18,19);1,5-9,12,14,17H,4,10-11H2,2H3,(H,16,18)/t12-,13+;12-,14-/m00/s1. The van der Waals surface area contributed by atoms with Crippen LogP contribution in [0.25, 0.3) is 0 Å². The number of aliphatic hydroxyl groups is 2. The average Bonchev–Trinajstić information content (AvgIpc) is 2.96. The van der Waals surface area contributed by atoms with Gasteiger partial charge in [-0.1, -0.05) is 60.7 Å². The first-order valence-electron chi connectivity index (χ1n) is 12.6. The number of aliphatic carboxylic acids is 1. The van der Waals surface area contributed by atoms with Crippen molar-refractivity contribution in [3.05, 3.63) is 71.8 Å². The first-order chi connectivity index (χ1) is 19.2. The molecule has 214 valence electrons. The summed E-state index contributed by atoms with van der Waals surface area (Å²) >= 11 is 0. The number of benzene rings is 2. The lowest BCUT2D eigenvalue weighted by atomic mass is 10.1. The smallest absolute Gasteiger partial charge is 0.407 e. The van der Waals surface area contributed by atoms with Gasteiger partial charge in [-0.25, -0.2) is 14.4 Å². The van der Waals surface area contributed by atoms with E-state index in [1.54, 1.807) is 31.2 Å². The third-order valence-corrected chi connectivity index (χ3v) is 5.45. The number of carboxylic acid groups (broad SMARTS) is 1. The number of carboxylic acids is 1. The third kappa shape index (κ3) is 14.4. The molecule has 0 aliphatic carbocycles. The monoisotopic (exact) mass is 552 g/mol. The number of hydrogen-bond donors (Lipinski definition) is 5. The molecule has 5 N–H and O–H groups in total. The number of hydrogen-bond acceptors (Lipinski definition) is 7. The molecule has 4 atom stereocenters. The Morgan fingerprint density at radius 1 is 0.775 bits per heavy atom. The molecule has 0 aromatic heterocycles. The van der Waals surface area contributed by atoms with Crippen molar-refractivity contribution in [2.75, 3.05) is 0 Å². The topological polar surface area (TPSA) is 154 Å². The zero-order chi connectivity index (χ0) is 29.8. The van der Waals surface area contributed by atoms with E-state index >= 15 is 0 Å². The normalized spacial score (nSPS) is 12.9. The first kappa shape index (κ1) is 33.5. The van der Waals surface area contributed by atoms with Gasteiger partial charge in [-0.15, -0.1) is 24.7 Å². The minimum atomic E-state index is -1.73. The highest BCUT2D eigenvalue weighted by atomic mass is 16.6. The number of ether oxygens (including phenoxy) is 2. The SMILES string of the molecule is C#CCC[C@H](NC(=O)OCc1ccccc1)[C@@H](O)C(=O)O.C#CCC[C@H](NC(=O)OCc1ccccc1)[C@H](C)O. The van der Waals surface area contributed by atoms with Gasteiger partial charge in [0.2, 0.25) is 0 Å². The minimum absolute atomic E-state index is 0.0533. The predicted molar refractivity (Wildman–Crippen MR) is 149 cm³/mol. The van der Waals surface area contributed by atoms with Gasteiger partial charge in [0.05, 0.1) is 18.2 Å². The van der Waals surface area contributed by atoms with Gasteiger partial charge in [-0.2, -0.15) is 0 Å². The van der Waals surface area contributed by atoms with Crippen LogP contribution in [0.5, 0.6) is 0 Å². The molecule has 10 heteroatoms. The summed E-state index contributed by atoms with van der Waals surface area (Å²) in [4.78, 5) is 34.0. The molecule has 40 heavy (non-hydrogen) atoms. The molecular formula is C30H36N2O8. The molecule has 0 unspecified atom stereocenters. The van der Waals surface area contributed by atoms with Crippen molar-refractivity contribution >= 4 is 18.2 Å². The zero-order valence-electron chi connectivity index (χ0n) is 22.4. The van der Waals surface area contributed by atoms with Gasteiger partial charge in [0.15, 0.2) is 6.10 Å². The maximum atomic E-state index is 11.6. The van der Waals surface area contributed by atoms with E-state index in [1.165, 1.54) is 0 Å².